The van der Waals surface area contributed by atoms with Crippen LogP contribution in [0.15, 0.2) is 0 Å². The first-order chi connectivity index (χ1) is 18.9. The molecule has 0 aromatic carbocycles. The molecule has 13 heteroatoms. The fourth-order valence-electron chi connectivity index (χ4n) is 5.13. The van der Waals surface area contributed by atoms with E-state index in [-0.39, 0.29) is 18.5 Å². The van der Waals surface area contributed by atoms with Crippen molar-refractivity contribution in [3.8, 4) is 0 Å². The van der Waals surface area contributed by atoms with E-state index in [1.807, 2.05) is 46.1 Å². The first kappa shape index (κ1) is 37.4. The Morgan fingerprint density at radius 2 is 0.950 bits per heavy atom. The minimum absolute atomic E-state index is 0.268. The highest BCUT2D eigenvalue weighted by Gasteiger charge is 2.58. The highest BCUT2D eigenvalue weighted by Crippen LogP contribution is 2.32. The average molecular weight is 624 g/mol. The summed E-state index contributed by atoms with van der Waals surface area (Å²) in [5.41, 5.74) is 0. The fourth-order valence-corrected chi connectivity index (χ4v) is 11.8. The van der Waals surface area contributed by atoms with E-state index in [0.717, 1.165) is 31.0 Å². The molecule has 1 rings (SSSR count). The fraction of sp³-hybridized carbons (Fsp3) is 0.926. The SMILES string of the molecule is CCO[Si](C)(C)CCCOC(=O)C1C(C(=O)OCCC[Si](C)(OCC)OCC)N1CCC[Si](C)(OCC)OCC. The summed E-state index contributed by atoms with van der Waals surface area (Å²) >= 11 is 0. The molecule has 0 bridgehead atoms. The van der Waals surface area contributed by atoms with Crippen molar-refractivity contribution in [2.24, 2.45) is 0 Å². The van der Waals surface area contributed by atoms with Crippen LogP contribution in [0.2, 0.25) is 44.3 Å². The van der Waals surface area contributed by atoms with Gasteiger partial charge in [-0.1, -0.05) is 0 Å². The average Bonchev–Trinajstić information content (AvgIpc) is 3.59. The van der Waals surface area contributed by atoms with Crippen molar-refractivity contribution in [3.63, 3.8) is 0 Å². The van der Waals surface area contributed by atoms with E-state index >= 15 is 0 Å². The van der Waals surface area contributed by atoms with Crippen LogP contribution in [0.3, 0.4) is 0 Å². The Balaban J connectivity index is 2.70. The third kappa shape index (κ3) is 13.6. The van der Waals surface area contributed by atoms with Gasteiger partial charge < -0.3 is 31.6 Å². The highest BCUT2D eigenvalue weighted by atomic mass is 28.4. The maximum absolute atomic E-state index is 13.0. The van der Waals surface area contributed by atoms with Crippen LogP contribution in [0.25, 0.3) is 0 Å². The standard InChI is InChI=1S/C27H57NO9Si3/c1-10-33-38(6,7)21-16-19-31-26(29)24-25(28(24)18-15-22-39(8,34-11-2)35-12-3)27(30)32-20-17-23-40(9,36-13-4)37-14-5/h24-25H,10-23H2,1-9H3. The molecule has 1 saturated heterocycles. The molecule has 3 unspecified atom stereocenters. The summed E-state index contributed by atoms with van der Waals surface area (Å²) in [6, 6.07) is 1.21. The number of ether oxygens (including phenoxy) is 2. The monoisotopic (exact) mass is 623 g/mol. The van der Waals surface area contributed by atoms with Gasteiger partial charge in [0.05, 0.1) is 13.2 Å². The lowest BCUT2D eigenvalue weighted by atomic mass is 10.3. The predicted octanol–water partition coefficient (Wildman–Crippen LogP) is 4.83. The Hall–Kier alpha value is -0.649. The molecular formula is C27H57NO9Si3. The molecule has 0 aromatic rings. The summed E-state index contributed by atoms with van der Waals surface area (Å²) < 4.78 is 40.7. The number of carbonyl (C=O) groups excluding carboxylic acids is 2. The van der Waals surface area contributed by atoms with Gasteiger partial charge in [0.15, 0.2) is 8.32 Å². The number of hydrogen-bond acceptors (Lipinski definition) is 10. The maximum atomic E-state index is 13.0. The first-order valence-electron chi connectivity index (χ1n) is 15.2. The lowest BCUT2D eigenvalue weighted by molar-refractivity contribution is -0.147. The summed E-state index contributed by atoms with van der Waals surface area (Å²) in [4.78, 5) is 27.9. The van der Waals surface area contributed by atoms with Crippen LogP contribution in [-0.4, -0.2) is 107 Å². The van der Waals surface area contributed by atoms with E-state index in [0.29, 0.717) is 52.6 Å². The lowest BCUT2D eigenvalue weighted by Gasteiger charge is -2.26. The topological polar surface area (TPSA) is 102 Å². The van der Waals surface area contributed by atoms with Gasteiger partial charge >= 0.3 is 29.1 Å². The Morgan fingerprint density at radius 3 is 1.35 bits per heavy atom. The normalized spacial score (nSPS) is 19.5. The summed E-state index contributed by atoms with van der Waals surface area (Å²) in [6.45, 7) is 22.6. The van der Waals surface area contributed by atoms with Crippen LogP contribution in [0.5, 0.6) is 0 Å². The van der Waals surface area contributed by atoms with Gasteiger partial charge in [-0.25, -0.2) is 0 Å². The molecule has 10 nitrogen and oxygen atoms in total. The van der Waals surface area contributed by atoms with Gasteiger partial charge in [0.25, 0.3) is 0 Å². The van der Waals surface area contributed by atoms with Gasteiger partial charge in [-0.05, 0) is 105 Å². The van der Waals surface area contributed by atoms with Crippen molar-refractivity contribution in [2.75, 3.05) is 52.8 Å². The molecule has 3 atom stereocenters. The third-order valence-electron chi connectivity index (χ3n) is 6.97. The second-order valence-electron chi connectivity index (χ2n) is 11.0. The van der Waals surface area contributed by atoms with Gasteiger partial charge in [0.2, 0.25) is 0 Å². The lowest BCUT2D eigenvalue weighted by Crippen LogP contribution is -2.39. The molecule has 0 aromatic heterocycles. The van der Waals surface area contributed by atoms with Gasteiger partial charge in [-0.3, -0.25) is 14.5 Å². The molecule has 236 valence electrons. The minimum atomic E-state index is -2.28. The summed E-state index contributed by atoms with van der Waals surface area (Å²) in [7, 11) is -6.28. The highest BCUT2D eigenvalue weighted by molar-refractivity contribution is 6.71. The van der Waals surface area contributed by atoms with E-state index in [1.165, 1.54) is 0 Å². The second-order valence-corrected chi connectivity index (χ2v) is 22.0. The van der Waals surface area contributed by atoms with Crippen molar-refractivity contribution in [2.45, 2.75) is 110 Å². The van der Waals surface area contributed by atoms with E-state index in [9.17, 15) is 9.59 Å². The zero-order valence-corrected chi connectivity index (χ0v) is 29.7. The molecule has 0 N–H and O–H groups in total. The van der Waals surface area contributed by atoms with Crippen molar-refractivity contribution < 1.29 is 41.2 Å². The molecule has 1 aliphatic rings. The molecule has 40 heavy (non-hydrogen) atoms. The van der Waals surface area contributed by atoms with Gasteiger partial charge in [0.1, 0.15) is 12.1 Å². The molecule has 0 spiro atoms. The molecule has 1 aliphatic heterocycles. The van der Waals surface area contributed by atoms with Gasteiger partial charge in [0, 0.05) is 33.0 Å². The third-order valence-corrected chi connectivity index (χ3v) is 15.7. The smallest absolute Gasteiger partial charge is 0.335 e. The number of esters is 2. The van der Waals surface area contributed by atoms with Gasteiger partial charge in [-0.2, -0.15) is 0 Å². The molecule has 1 fully saturated rings. The molecule has 0 aliphatic carbocycles. The zero-order chi connectivity index (χ0) is 30.2. The van der Waals surface area contributed by atoms with Crippen LogP contribution >= 0.6 is 0 Å². The second kappa shape index (κ2) is 18.8. The largest absolute Gasteiger partial charge is 0.464 e. The molecule has 0 saturated carbocycles. The number of nitrogens with zero attached hydrogens (tertiary/aromatic N) is 1. The zero-order valence-electron chi connectivity index (χ0n) is 26.7. The maximum Gasteiger partial charge on any atom is 0.335 e. The summed E-state index contributed by atoms with van der Waals surface area (Å²) in [5, 5.41) is 0. The van der Waals surface area contributed by atoms with Crippen molar-refractivity contribution in [3.05, 3.63) is 0 Å². The quantitative estimate of drug-likeness (QED) is 0.0643. The Labute approximate surface area is 246 Å². The summed E-state index contributed by atoms with van der Waals surface area (Å²) in [6.07, 6.45) is 2.17. The Kier molecular flexibility index (Phi) is 17.6. The van der Waals surface area contributed by atoms with Crippen molar-refractivity contribution >= 4 is 37.4 Å². The summed E-state index contributed by atoms with van der Waals surface area (Å²) in [5.74, 6) is -0.738. The van der Waals surface area contributed by atoms with Crippen LogP contribution in [0, 0.1) is 0 Å². The van der Waals surface area contributed by atoms with Crippen molar-refractivity contribution in [1.29, 1.82) is 0 Å². The van der Waals surface area contributed by atoms with E-state index in [1.54, 1.807) is 0 Å². The number of carbonyl (C=O) groups is 2. The Bertz CT molecular complexity index is 732. The van der Waals surface area contributed by atoms with Crippen LogP contribution < -0.4 is 0 Å². The van der Waals surface area contributed by atoms with Crippen LogP contribution in [0.4, 0.5) is 0 Å². The molecule has 1 heterocycles. The van der Waals surface area contributed by atoms with E-state index in [2.05, 4.69) is 19.6 Å². The van der Waals surface area contributed by atoms with E-state index in [4.69, 9.17) is 31.6 Å². The van der Waals surface area contributed by atoms with Gasteiger partial charge in [-0.15, -0.1) is 0 Å². The van der Waals surface area contributed by atoms with Crippen molar-refractivity contribution in [1.82, 2.24) is 4.90 Å². The number of rotatable bonds is 24. The molecule has 0 radical (unpaired) electrons. The number of hydrogen-bond donors (Lipinski definition) is 0. The van der Waals surface area contributed by atoms with Crippen LogP contribution in [0.1, 0.15) is 53.9 Å². The van der Waals surface area contributed by atoms with E-state index < -0.39 is 37.5 Å². The minimum Gasteiger partial charge on any atom is -0.464 e. The molecular weight excluding hydrogens is 567 g/mol. The molecule has 0 amide bonds. The van der Waals surface area contributed by atoms with Crippen LogP contribution in [-0.2, 0) is 41.2 Å². The predicted molar refractivity (Wildman–Crippen MR) is 163 cm³/mol. The Morgan fingerprint density at radius 1 is 0.575 bits per heavy atom. The first-order valence-corrected chi connectivity index (χ1v) is 23.4.